The first-order valence-electron chi connectivity index (χ1n) is 8.66. The van der Waals surface area contributed by atoms with Crippen molar-refractivity contribution in [2.45, 2.75) is 50.7 Å². The van der Waals surface area contributed by atoms with E-state index in [9.17, 15) is 0 Å². The van der Waals surface area contributed by atoms with Crippen LogP contribution in [0.1, 0.15) is 38.5 Å². The Hall–Kier alpha value is -1.32. The summed E-state index contributed by atoms with van der Waals surface area (Å²) in [5.74, 6) is 2.27. The second kappa shape index (κ2) is 6.29. The molecular formula is C19H23ClN2O. The summed E-state index contributed by atoms with van der Waals surface area (Å²) in [6.07, 6.45) is 11.1. The lowest BCUT2D eigenvalue weighted by atomic mass is 9.81. The van der Waals surface area contributed by atoms with Crippen LogP contribution in [0.15, 0.2) is 30.6 Å². The zero-order chi connectivity index (χ0) is 15.8. The van der Waals surface area contributed by atoms with Gasteiger partial charge in [0.25, 0.3) is 0 Å². The van der Waals surface area contributed by atoms with Crippen LogP contribution in [0.5, 0.6) is 5.75 Å². The van der Waals surface area contributed by atoms with Gasteiger partial charge in [0.15, 0.2) is 0 Å². The van der Waals surface area contributed by atoms with E-state index >= 15 is 0 Å². The Bertz CT molecular complexity index is 693. The van der Waals surface area contributed by atoms with Gasteiger partial charge < -0.3 is 10.5 Å². The van der Waals surface area contributed by atoms with Gasteiger partial charge in [0.1, 0.15) is 5.75 Å². The molecule has 2 N–H and O–H groups in total. The minimum absolute atomic E-state index is 0.259. The largest absolute Gasteiger partial charge is 0.489 e. The maximum Gasteiger partial charge on any atom is 0.138 e. The van der Waals surface area contributed by atoms with Crippen LogP contribution in [0.4, 0.5) is 0 Å². The van der Waals surface area contributed by atoms with Gasteiger partial charge in [-0.25, -0.2) is 0 Å². The average Bonchev–Trinajstić information content (AvgIpc) is 3.40. The highest BCUT2D eigenvalue weighted by Gasteiger charge is 2.36. The van der Waals surface area contributed by atoms with Gasteiger partial charge in [0, 0.05) is 23.8 Å². The number of halogens is 1. The van der Waals surface area contributed by atoms with Crippen LogP contribution in [0.25, 0.3) is 10.8 Å². The third-order valence-electron chi connectivity index (χ3n) is 5.41. The Kier molecular flexibility index (Phi) is 4.16. The molecule has 2 aliphatic carbocycles. The van der Waals surface area contributed by atoms with Gasteiger partial charge in [-0.1, -0.05) is 11.6 Å². The first-order valence-corrected chi connectivity index (χ1v) is 9.04. The van der Waals surface area contributed by atoms with Crippen molar-refractivity contribution in [3.63, 3.8) is 0 Å². The highest BCUT2D eigenvalue weighted by atomic mass is 35.5. The summed E-state index contributed by atoms with van der Waals surface area (Å²) < 4.78 is 6.21. The first-order chi connectivity index (χ1) is 11.2. The molecule has 0 radical (unpaired) electrons. The molecule has 0 amide bonds. The minimum Gasteiger partial charge on any atom is -0.489 e. The summed E-state index contributed by atoms with van der Waals surface area (Å²) in [4.78, 5) is 4.13. The van der Waals surface area contributed by atoms with E-state index in [2.05, 4.69) is 4.98 Å². The van der Waals surface area contributed by atoms with Gasteiger partial charge in [0.2, 0.25) is 0 Å². The first kappa shape index (κ1) is 15.2. The summed E-state index contributed by atoms with van der Waals surface area (Å²) >= 11 is 6.38. The molecule has 122 valence electrons. The van der Waals surface area contributed by atoms with Crippen molar-refractivity contribution < 1.29 is 4.74 Å². The summed E-state index contributed by atoms with van der Waals surface area (Å²) in [5.41, 5.74) is 6.37. The molecule has 2 fully saturated rings. The average molecular weight is 331 g/mol. The van der Waals surface area contributed by atoms with E-state index in [1.165, 1.54) is 25.7 Å². The second-order valence-corrected chi connectivity index (χ2v) is 7.48. The number of benzene rings is 1. The standard InChI is InChI=1S/C19H23ClN2O/c20-17-9-15-11-22-8-7-14(15)10-18(17)23-16-5-3-13(4-6-16)19(21)12-1-2-12/h7-13,16,19H,1-6,21H2/t13-,16+,19?. The van der Waals surface area contributed by atoms with Gasteiger partial charge in [-0.2, -0.15) is 0 Å². The van der Waals surface area contributed by atoms with Crippen molar-refractivity contribution in [1.82, 2.24) is 4.98 Å². The molecule has 4 rings (SSSR count). The molecule has 2 aromatic rings. The smallest absolute Gasteiger partial charge is 0.138 e. The predicted molar refractivity (Wildman–Crippen MR) is 93.8 cm³/mol. The van der Waals surface area contributed by atoms with Gasteiger partial charge in [-0.15, -0.1) is 0 Å². The second-order valence-electron chi connectivity index (χ2n) is 7.07. The highest BCUT2D eigenvalue weighted by Crippen LogP contribution is 2.40. The quantitative estimate of drug-likeness (QED) is 0.893. The fraction of sp³-hybridized carbons (Fsp3) is 0.526. The fourth-order valence-electron chi connectivity index (χ4n) is 3.81. The van der Waals surface area contributed by atoms with Gasteiger partial charge in [-0.05, 0) is 73.9 Å². The molecule has 1 heterocycles. The van der Waals surface area contributed by atoms with Gasteiger partial charge in [-0.3, -0.25) is 4.98 Å². The molecule has 4 heteroatoms. The van der Waals surface area contributed by atoms with Crippen molar-refractivity contribution in [1.29, 1.82) is 0 Å². The number of fused-ring (bicyclic) bond motifs is 1. The summed E-state index contributed by atoms with van der Waals surface area (Å²) in [5, 5.41) is 2.83. The lowest BCUT2D eigenvalue weighted by Gasteiger charge is -2.32. The summed E-state index contributed by atoms with van der Waals surface area (Å²) in [7, 11) is 0. The molecule has 0 saturated heterocycles. The van der Waals surface area contributed by atoms with Crippen molar-refractivity contribution in [2.24, 2.45) is 17.6 Å². The lowest BCUT2D eigenvalue weighted by molar-refractivity contribution is 0.120. The van der Waals surface area contributed by atoms with Crippen molar-refractivity contribution >= 4 is 22.4 Å². The maximum atomic E-state index is 6.38. The Labute approximate surface area is 142 Å². The van der Waals surface area contributed by atoms with E-state index in [4.69, 9.17) is 22.1 Å². The maximum absolute atomic E-state index is 6.38. The van der Waals surface area contributed by atoms with Crippen molar-refractivity contribution in [3.05, 3.63) is 35.6 Å². The number of pyridine rings is 1. The number of nitrogens with two attached hydrogens (primary N) is 1. The Morgan fingerprint density at radius 1 is 1.04 bits per heavy atom. The lowest BCUT2D eigenvalue weighted by Crippen LogP contribution is -2.36. The molecule has 23 heavy (non-hydrogen) atoms. The topological polar surface area (TPSA) is 48.1 Å². The zero-order valence-corrected chi connectivity index (χ0v) is 14.0. The number of rotatable bonds is 4. The third kappa shape index (κ3) is 3.31. The molecule has 0 spiro atoms. The zero-order valence-electron chi connectivity index (χ0n) is 13.2. The normalized spacial score (nSPS) is 26.2. The number of hydrogen-bond donors (Lipinski definition) is 1. The number of hydrogen-bond acceptors (Lipinski definition) is 3. The van der Waals surface area contributed by atoms with E-state index in [1.807, 2.05) is 24.4 Å². The van der Waals surface area contributed by atoms with Gasteiger partial charge >= 0.3 is 0 Å². The van der Waals surface area contributed by atoms with Crippen LogP contribution >= 0.6 is 11.6 Å². The van der Waals surface area contributed by atoms with E-state index in [0.717, 1.165) is 35.3 Å². The molecule has 1 aromatic carbocycles. The van der Waals surface area contributed by atoms with Crippen LogP contribution in [0.3, 0.4) is 0 Å². The van der Waals surface area contributed by atoms with E-state index in [-0.39, 0.29) is 6.10 Å². The number of nitrogens with zero attached hydrogens (tertiary/aromatic N) is 1. The molecular weight excluding hydrogens is 308 g/mol. The molecule has 0 bridgehead atoms. The molecule has 1 atom stereocenters. The van der Waals surface area contributed by atoms with Crippen LogP contribution in [-0.2, 0) is 0 Å². The molecule has 0 aliphatic heterocycles. The minimum atomic E-state index is 0.259. The van der Waals surface area contributed by atoms with Crippen LogP contribution in [0, 0.1) is 11.8 Å². The third-order valence-corrected chi connectivity index (χ3v) is 5.71. The van der Waals surface area contributed by atoms with Crippen LogP contribution in [0.2, 0.25) is 5.02 Å². The summed E-state index contributed by atoms with van der Waals surface area (Å²) in [6.45, 7) is 0. The van der Waals surface area contributed by atoms with Crippen molar-refractivity contribution in [2.75, 3.05) is 0 Å². The van der Waals surface area contributed by atoms with E-state index < -0.39 is 0 Å². The Morgan fingerprint density at radius 3 is 2.43 bits per heavy atom. The van der Waals surface area contributed by atoms with Gasteiger partial charge in [0.05, 0.1) is 11.1 Å². The van der Waals surface area contributed by atoms with Crippen LogP contribution < -0.4 is 10.5 Å². The highest BCUT2D eigenvalue weighted by molar-refractivity contribution is 6.32. The number of ether oxygens (including phenoxy) is 1. The molecule has 2 aliphatic rings. The molecule has 1 aromatic heterocycles. The monoisotopic (exact) mass is 330 g/mol. The van der Waals surface area contributed by atoms with E-state index in [0.29, 0.717) is 17.0 Å². The predicted octanol–water partition coefficient (Wildman–Crippen LogP) is 4.56. The van der Waals surface area contributed by atoms with E-state index in [1.54, 1.807) is 6.20 Å². The molecule has 1 unspecified atom stereocenters. The van der Waals surface area contributed by atoms with Crippen LogP contribution in [-0.4, -0.2) is 17.1 Å². The SMILES string of the molecule is NC(C1CC1)[C@H]1CC[C@@H](Oc2cc3ccncc3cc2Cl)CC1. The molecule has 2 saturated carbocycles. The number of aromatic nitrogens is 1. The fourth-order valence-corrected chi connectivity index (χ4v) is 4.03. The summed E-state index contributed by atoms with van der Waals surface area (Å²) in [6, 6.07) is 6.37. The Balaban J connectivity index is 1.41. The molecule has 3 nitrogen and oxygen atoms in total. The van der Waals surface area contributed by atoms with Crippen molar-refractivity contribution in [3.8, 4) is 5.75 Å². The Morgan fingerprint density at radius 2 is 1.74 bits per heavy atom.